The molecule has 1 aromatic carbocycles. The molecule has 0 bridgehead atoms. The third-order valence-electron chi connectivity index (χ3n) is 3.35. The van der Waals surface area contributed by atoms with Crippen LogP contribution in [-0.4, -0.2) is 29.7 Å². The molecule has 20 heavy (non-hydrogen) atoms. The number of carboxylic acid groups (broad SMARTS) is 1. The number of carbonyl (C=O) groups excluding carboxylic acids is 1. The second-order valence-corrected chi connectivity index (χ2v) is 4.97. The van der Waals surface area contributed by atoms with Crippen molar-refractivity contribution < 1.29 is 19.4 Å². The van der Waals surface area contributed by atoms with Gasteiger partial charge >= 0.3 is 5.97 Å². The van der Waals surface area contributed by atoms with E-state index in [0.29, 0.717) is 13.0 Å². The van der Waals surface area contributed by atoms with Gasteiger partial charge in [-0.1, -0.05) is 30.3 Å². The summed E-state index contributed by atoms with van der Waals surface area (Å²) in [7, 11) is 0. The predicted octanol–water partition coefficient (Wildman–Crippen LogP) is 1.89. The van der Waals surface area contributed by atoms with E-state index in [4.69, 9.17) is 9.84 Å². The largest absolute Gasteiger partial charge is 0.481 e. The Hall–Kier alpha value is -1.88. The molecule has 0 saturated carbocycles. The van der Waals surface area contributed by atoms with Gasteiger partial charge in [-0.05, 0) is 18.4 Å². The molecule has 108 valence electrons. The van der Waals surface area contributed by atoms with Crippen LogP contribution in [0.5, 0.6) is 0 Å². The van der Waals surface area contributed by atoms with Crippen LogP contribution < -0.4 is 5.32 Å². The number of amides is 1. The van der Waals surface area contributed by atoms with E-state index in [9.17, 15) is 9.59 Å². The topological polar surface area (TPSA) is 75.6 Å². The zero-order valence-corrected chi connectivity index (χ0v) is 11.2. The maximum Gasteiger partial charge on any atom is 0.305 e. The van der Waals surface area contributed by atoms with Crippen LogP contribution in [0, 0.1) is 0 Å². The molecule has 1 amide bonds. The molecular weight excluding hydrogens is 258 g/mol. The number of rotatable bonds is 6. The highest BCUT2D eigenvalue weighted by atomic mass is 16.5. The summed E-state index contributed by atoms with van der Waals surface area (Å²) < 4.78 is 5.41. The highest BCUT2D eigenvalue weighted by Gasteiger charge is 2.22. The Morgan fingerprint density at radius 3 is 2.70 bits per heavy atom. The third-order valence-corrected chi connectivity index (χ3v) is 3.35. The number of aliphatic carboxylic acids is 1. The third kappa shape index (κ3) is 4.35. The summed E-state index contributed by atoms with van der Waals surface area (Å²) >= 11 is 0. The number of benzene rings is 1. The molecule has 2 N–H and O–H groups in total. The minimum Gasteiger partial charge on any atom is -0.481 e. The summed E-state index contributed by atoms with van der Waals surface area (Å²) in [5.74, 6) is -1.09. The number of carbonyl (C=O) groups is 2. The van der Waals surface area contributed by atoms with Crippen molar-refractivity contribution in [2.24, 2.45) is 0 Å². The average molecular weight is 277 g/mol. The van der Waals surface area contributed by atoms with Gasteiger partial charge in [-0.25, -0.2) is 0 Å². The Labute approximate surface area is 117 Å². The van der Waals surface area contributed by atoms with E-state index in [0.717, 1.165) is 18.4 Å². The van der Waals surface area contributed by atoms with Crippen molar-refractivity contribution in [2.75, 3.05) is 6.61 Å². The van der Waals surface area contributed by atoms with Crippen molar-refractivity contribution in [2.45, 2.75) is 37.8 Å². The Balaban J connectivity index is 1.96. The van der Waals surface area contributed by atoms with Crippen LogP contribution in [-0.2, 0) is 14.3 Å². The molecule has 2 atom stereocenters. The second-order valence-electron chi connectivity index (χ2n) is 4.97. The van der Waals surface area contributed by atoms with Crippen molar-refractivity contribution in [3.05, 3.63) is 35.9 Å². The summed E-state index contributed by atoms with van der Waals surface area (Å²) in [5, 5.41) is 11.8. The lowest BCUT2D eigenvalue weighted by atomic mass is 10.0. The maximum atomic E-state index is 12.0. The van der Waals surface area contributed by atoms with Crippen LogP contribution in [0.2, 0.25) is 0 Å². The molecule has 0 radical (unpaired) electrons. The summed E-state index contributed by atoms with van der Waals surface area (Å²) in [6.07, 6.45) is 2.01. The van der Waals surface area contributed by atoms with Crippen LogP contribution in [0.4, 0.5) is 0 Å². The molecular formula is C15H19NO4. The summed E-state index contributed by atoms with van der Waals surface area (Å²) in [4.78, 5) is 22.9. The number of hydrogen-bond acceptors (Lipinski definition) is 3. The molecule has 0 spiro atoms. The quantitative estimate of drug-likeness (QED) is 0.832. The van der Waals surface area contributed by atoms with Gasteiger partial charge in [0.05, 0.1) is 25.0 Å². The molecule has 1 aliphatic rings. The van der Waals surface area contributed by atoms with Gasteiger partial charge in [0.2, 0.25) is 5.91 Å². The number of carboxylic acids is 1. The number of hydrogen-bond donors (Lipinski definition) is 2. The number of nitrogens with one attached hydrogen (secondary N) is 1. The number of ether oxygens (including phenoxy) is 1. The Morgan fingerprint density at radius 1 is 1.35 bits per heavy atom. The molecule has 2 rings (SSSR count). The van der Waals surface area contributed by atoms with Crippen LogP contribution in [0.25, 0.3) is 0 Å². The lowest BCUT2D eigenvalue weighted by Crippen LogP contribution is -2.32. The molecule has 5 nitrogen and oxygen atoms in total. The van der Waals surface area contributed by atoms with Gasteiger partial charge < -0.3 is 15.2 Å². The highest BCUT2D eigenvalue weighted by Crippen LogP contribution is 2.19. The summed E-state index contributed by atoms with van der Waals surface area (Å²) in [5.41, 5.74) is 0.801. The van der Waals surface area contributed by atoms with E-state index >= 15 is 0 Å². The standard InChI is InChI=1S/C15H19NO4/c17-14(9-12-7-4-8-20-12)16-13(10-15(18)19)11-5-2-1-3-6-11/h1-3,5-6,12-13H,4,7-10H2,(H,16,17)(H,18,19). The van der Waals surface area contributed by atoms with Gasteiger partial charge in [-0.2, -0.15) is 0 Å². The van der Waals surface area contributed by atoms with Gasteiger partial charge in [0.15, 0.2) is 0 Å². The molecule has 0 aromatic heterocycles. The van der Waals surface area contributed by atoms with Crippen molar-refractivity contribution >= 4 is 11.9 Å². The zero-order chi connectivity index (χ0) is 14.4. The average Bonchev–Trinajstić information content (AvgIpc) is 2.91. The van der Waals surface area contributed by atoms with E-state index < -0.39 is 12.0 Å². The van der Waals surface area contributed by atoms with Gasteiger partial charge in [0.1, 0.15) is 0 Å². The van der Waals surface area contributed by atoms with E-state index in [2.05, 4.69) is 5.32 Å². The van der Waals surface area contributed by atoms with E-state index in [1.165, 1.54) is 0 Å². The van der Waals surface area contributed by atoms with E-state index in [1.807, 2.05) is 30.3 Å². The molecule has 1 aliphatic heterocycles. The monoisotopic (exact) mass is 277 g/mol. The predicted molar refractivity (Wildman–Crippen MR) is 73.2 cm³/mol. The minimum absolute atomic E-state index is 0.0312. The smallest absolute Gasteiger partial charge is 0.305 e. The van der Waals surface area contributed by atoms with Gasteiger partial charge in [0.25, 0.3) is 0 Å². The first-order valence-corrected chi connectivity index (χ1v) is 6.83. The minimum atomic E-state index is -0.934. The van der Waals surface area contributed by atoms with Crippen LogP contribution in [0.3, 0.4) is 0 Å². The van der Waals surface area contributed by atoms with Crippen molar-refractivity contribution in [3.8, 4) is 0 Å². The van der Waals surface area contributed by atoms with Gasteiger partial charge in [0, 0.05) is 6.61 Å². The molecule has 1 fully saturated rings. The molecule has 1 aromatic rings. The second kappa shape index (κ2) is 7.05. The van der Waals surface area contributed by atoms with Gasteiger partial charge in [-0.15, -0.1) is 0 Å². The van der Waals surface area contributed by atoms with Crippen molar-refractivity contribution in [1.82, 2.24) is 5.32 Å². The van der Waals surface area contributed by atoms with Crippen LogP contribution >= 0.6 is 0 Å². The summed E-state index contributed by atoms with van der Waals surface area (Å²) in [6, 6.07) is 8.66. The molecule has 1 heterocycles. The Morgan fingerprint density at radius 2 is 2.10 bits per heavy atom. The summed E-state index contributed by atoms with van der Waals surface area (Å²) in [6.45, 7) is 0.704. The molecule has 5 heteroatoms. The zero-order valence-electron chi connectivity index (χ0n) is 11.2. The fourth-order valence-electron chi connectivity index (χ4n) is 2.38. The van der Waals surface area contributed by atoms with Gasteiger partial charge in [-0.3, -0.25) is 9.59 Å². The fraction of sp³-hybridized carbons (Fsp3) is 0.467. The highest BCUT2D eigenvalue weighted by molar-refractivity contribution is 5.78. The first-order chi connectivity index (χ1) is 9.65. The lowest BCUT2D eigenvalue weighted by molar-refractivity contribution is -0.137. The first-order valence-electron chi connectivity index (χ1n) is 6.83. The molecule has 0 aliphatic carbocycles. The van der Waals surface area contributed by atoms with Crippen molar-refractivity contribution in [3.63, 3.8) is 0 Å². The molecule has 1 saturated heterocycles. The van der Waals surface area contributed by atoms with Crippen LogP contribution in [0.15, 0.2) is 30.3 Å². The normalized spacial score (nSPS) is 19.5. The lowest BCUT2D eigenvalue weighted by Gasteiger charge is -2.18. The van der Waals surface area contributed by atoms with Crippen LogP contribution in [0.1, 0.15) is 37.3 Å². The maximum absolute atomic E-state index is 12.0. The fourth-order valence-corrected chi connectivity index (χ4v) is 2.38. The Bertz CT molecular complexity index is 454. The first kappa shape index (κ1) is 14.5. The SMILES string of the molecule is O=C(O)CC(NC(=O)CC1CCCO1)c1ccccc1. The van der Waals surface area contributed by atoms with Crippen molar-refractivity contribution in [1.29, 1.82) is 0 Å². The Kier molecular flexibility index (Phi) is 5.12. The molecule has 2 unspecified atom stereocenters. The van der Waals surface area contributed by atoms with E-state index in [-0.39, 0.29) is 18.4 Å². The van der Waals surface area contributed by atoms with E-state index in [1.54, 1.807) is 0 Å².